The van der Waals surface area contributed by atoms with Crippen molar-refractivity contribution < 1.29 is 22.8 Å². The first-order valence-electron chi connectivity index (χ1n) is 11.9. The number of anilines is 1. The van der Waals surface area contributed by atoms with Gasteiger partial charge in [0.2, 0.25) is 0 Å². The molecule has 5 rings (SSSR count). The molecule has 0 spiro atoms. The van der Waals surface area contributed by atoms with Crippen molar-refractivity contribution in [2.45, 2.75) is 19.6 Å². The van der Waals surface area contributed by atoms with Crippen molar-refractivity contribution in [1.29, 1.82) is 0 Å². The fourth-order valence-corrected chi connectivity index (χ4v) is 4.24. The van der Waals surface area contributed by atoms with E-state index in [1.54, 1.807) is 43.6 Å². The molecule has 11 heteroatoms. The van der Waals surface area contributed by atoms with Gasteiger partial charge in [0.1, 0.15) is 5.69 Å². The summed E-state index contributed by atoms with van der Waals surface area (Å²) in [5, 5.41) is 6.17. The van der Waals surface area contributed by atoms with Gasteiger partial charge >= 0.3 is 6.18 Å². The molecule has 0 aliphatic carbocycles. The number of amides is 2. The van der Waals surface area contributed by atoms with Crippen molar-refractivity contribution in [2.75, 3.05) is 12.4 Å². The summed E-state index contributed by atoms with van der Waals surface area (Å²) in [5.74, 6) is -0.971. The number of benzene rings is 2. The van der Waals surface area contributed by atoms with Crippen molar-refractivity contribution in [1.82, 2.24) is 24.4 Å². The minimum atomic E-state index is -4.63. The topological polar surface area (TPSA) is 93.8 Å². The van der Waals surface area contributed by atoms with Gasteiger partial charge in [-0.3, -0.25) is 14.6 Å². The average Bonchev–Trinajstić information content (AvgIpc) is 3.53. The highest BCUT2D eigenvalue weighted by atomic mass is 19.4. The van der Waals surface area contributed by atoms with Gasteiger partial charge in [-0.25, -0.2) is 4.98 Å². The van der Waals surface area contributed by atoms with E-state index in [1.807, 2.05) is 22.9 Å². The number of hydrogen-bond acceptors (Lipinski definition) is 4. The summed E-state index contributed by atoms with van der Waals surface area (Å²) in [6, 6.07) is 13.9. The van der Waals surface area contributed by atoms with E-state index < -0.39 is 17.6 Å². The summed E-state index contributed by atoms with van der Waals surface area (Å²) >= 11 is 0. The molecule has 0 bridgehead atoms. The van der Waals surface area contributed by atoms with E-state index in [4.69, 9.17) is 0 Å². The number of carbonyl (C=O) groups excluding carboxylic acids is 2. The monoisotopic (exact) mass is 532 g/mol. The van der Waals surface area contributed by atoms with E-state index in [1.165, 1.54) is 24.0 Å². The third-order valence-electron chi connectivity index (χ3n) is 6.19. The first kappa shape index (κ1) is 25.7. The minimum Gasteiger partial charge on any atom is -0.354 e. The summed E-state index contributed by atoms with van der Waals surface area (Å²) in [4.78, 5) is 33.2. The molecule has 2 aromatic carbocycles. The highest BCUT2D eigenvalue weighted by Gasteiger charge is 2.32. The maximum atomic E-state index is 13.6. The molecule has 3 heterocycles. The maximum Gasteiger partial charge on any atom is 0.416 e. The predicted molar refractivity (Wildman–Crippen MR) is 140 cm³/mol. The number of aromatic nitrogens is 4. The number of hydrogen-bond donors (Lipinski definition) is 2. The molecular weight excluding hydrogens is 509 g/mol. The molecule has 0 saturated carbocycles. The predicted octanol–water partition coefficient (Wildman–Crippen LogP) is 5.21. The zero-order chi connectivity index (χ0) is 27.7. The number of imidazole rings is 1. The highest BCUT2D eigenvalue weighted by molar-refractivity contribution is 6.05. The number of rotatable bonds is 6. The van der Waals surface area contributed by atoms with Crippen LogP contribution in [0.15, 0.2) is 79.5 Å². The van der Waals surface area contributed by atoms with E-state index >= 15 is 0 Å². The number of pyridine rings is 1. The van der Waals surface area contributed by atoms with Crippen molar-refractivity contribution in [2.24, 2.45) is 0 Å². The van der Waals surface area contributed by atoms with Gasteiger partial charge in [0.05, 0.1) is 23.1 Å². The number of aryl methyl sites for hydroxylation is 1. The largest absolute Gasteiger partial charge is 0.416 e. The molecule has 198 valence electrons. The number of nitrogens with zero attached hydrogens (tertiary/aromatic N) is 4. The number of carbonyl (C=O) groups is 2. The second-order valence-corrected chi connectivity index (χ2v) is 8.99. The zero-order valence-corrected chi connectivity index (χ0v) is 21.0. The van der Waals surface area contributed by atoms with Gasteiger partial charge in [0.15, 0.2) is 0 Å². The standard InChI is InChI=1S/C28H23F3N6O2/c1-17-14-37(16-34-17)23-11-20(10-21(12-23)28(29,30)31)26(38)35-22-4-3-19-6-8-36(25(19)13-22)15-18-5-7-33-24(9-18)27(39)32-2/h3-14,16H,15H2,1-2H3,(H,32,39)(H,35,38). The second kappa shape index (κ2) is 10.1. The molecule has 2 N–H and O–H groups in total. The Morgan fingerprint density at radius 2 is 1.79 bits per heavy atom. The van der Waals surface area contributed by atoms with E-state index in [0.717, 1.165) is 28.6 Å². The van der Waals surface area contributed by atoms with Crippen LogP contribution in [0.1, 0.15) is 37.7 Å². The van der Waals surface area contributed by atoms with Crippen LogP contribution in [-0.2, 0) is 12.7 Å². The van der Waals surface area contributed by atoms with Crippen LogP contribution in [0.3, 0.4) is 0 Å². The van der Waals surface area contributed by atoms with Crippen LogP contribution in [0.4, 0.5) is 18.9 Å². The van der Waals surface area contributed by atoms with Gasteiger partial charge in [0.25, 0.3) is 11.8 Å². The van der Waals surface area contributed by atoms with E-state index in [0.29, 0.717) is 23.6 Å². The van der Waals surface area contributed by atoms with Crippen LogP contribution in [0.5, 0.6) is 0 Å². The van der Waals surface area contributed by atoms with Crippen LogP contribution < -0.4 is 10.6 Å². The van der Waals surface area contributed by atoms with Crippen LogP contribution in [0.2, 0.25) is 0 Å². The average molecular weight is 533 g/mol. The summed E-state index contributed by atoms with van der Waals surface area (Å²) in [7, 11) is 1.53. The molecule has 3 aromatic heterocycles. The minimum absolute atomic E-state index is 0.139. The van der Waals surface area contributed by atoms with Gasteiger partial charge in [-0.05, 0) is 66.4 Å². The SMILES string of the molecule is CNC(=O)c1cc(Cn2ccc3ccc(NC(=O)c4cc(-n5cnc(C)c5)cc(C(F)(F)F)c4)cc32)ccn1. The molecule has 2 amide bonds. The molecule has 0 atom stereocenters. The van der Waals surface area contributed by atoms with Crippen LogP contribution in [0, 0.1) is 6.92 Å². The molecule has 5 aromatic rings. The Labute approximate surface area is 221 Å². The number of alkyl halides is 3. The lowest BCUT2D eigenvalue weighted by Gasteiger charge is -2.13. The molecule has 0 aliphatic heterocycles. The molecule has 0 aliphatic rings. The molecule has 0 saturated heterocycles. The Morgan fingerprint density at radius 1 is 0.974 bits per heavy atom. The van der Waals surface area contributed by atoms with Gasteiger partial charge in [-0.2, -0.15) is 13.2 Å². The smallest absolute Gasteiger partial charge is 0.354 e. The van der Waals surface area contributed by atoms with Gasteiger partial charge in [-0.1, -0.05) is 6.07 Å². The van der Waals surface area contributed by atoms with E-state index in [-0.39, 0.29) is 17.2 Å². The first-order chi connectivity index (χ1) is 18.6. The lowest BCUT2D eigenvalue weighted by atomic mass is 10.1. The van der Waals surface area contributed by atoms with Crippen LogP contribution >= 0.6 is 0 Å². The Bertz CT molecular complexity index is 1700. The Hall–Kier alpha value is -4.93. The molecule has 39 heavy (non-hydrogen) atoms. The molecule has 0 fully saturated rings. The molecule has 0 unspecified atom stereocenters. The van der Waals surface area contributed by atoms with Gasteiger partial charge < -0.3 is 19.8 Å². The zero-order valence-electron chi connectivity index (χ0n) is 21.0. The van der Waals surface area contributed by atoms with E-state index in [2.05, 4.69) is 20.6 Å². The van der Waals surface area contributed by atoms with Crippen LogP contribution in [-0.4, -0.2) is 38.0 Å². The third-order valence-corrected chi connectivity index (χ3v) is 6.19. The summed E-state index contributed by atoms with van der Waals surface area (Å²) in [5.41, 5.74) is 2.09. The van der Waals surface area contributed by atoms with Gasteiger partial charge in [0, 0.05) is 49.1 Å². The second-order valence-electron chi connectivity index (χ2n) is 8.99. The fourth-order valence-electron chi connectivity index (χ4n) is 4.24. The fraction of sp³-hybridized carbons (Fsp3) is 0.143. The summed E-state index contributed by atoms with van der Waals surface area (Å²) < 4.78 is 44.3. The molecule has 0 radical (unpaired) electrons. The summed E-state index contributed by atoms with van der Waals surface area (Å²) in [6.07, 6.45) is 1.79. The van der Waals surface area contributed by atoms with E-state index in [9.17, 15) is 22.8 Å². The number of fused-ring (bicyclic) bond motifs is 1. The number of halogens is 3. The molecule has 8 nitrogen and oxygen atoms in total. The summed E-state index contributed by atoms with van der Waals surface area (Å²) in [6.45, 7) is 2.16. The van der Waals surface area contributed by atoms with Crippen molar-refractivity contribution in [3.8, 4) is 5.69 Å². The lowest BCUT2D eigenvalue weighted by molar-refractivity contribution is -0.137. The lowest BCUT2D eigenvalue weighted by Crippen LogP contribution is -2.19. The molecular formula is C28H23F3N6O2. The normalized spacial score (nSPS) is 11.5. The Kier molecular flexibility index (Phi) is 6.65. The van der Waals surface area contributed by atoms with Crippen molar-refractivity contribution in [3.05, 3.63) is 108 Å². The Morgan fingerprint density at radius 3 is 2.51 bits per heavy atom. The van der Waals surface area contributed by atoms with Crippen molar-refractivity contribution >= 4 is 28.4 Å². The van der Waals surface area contributed by atoms with Gasteiger partial charge in [-0.15, -0.1) is 0 Å². The quantitative estimate of drug-likeness (QED) is 0.314. The first-order valence-corrected chi connectivity index (χ1v) is 11.9. The van der Waals surface area contributed by atoms with Crippen molar-refractivity contribution in [3.63, 3.8) is 0 Å². The Balaban J connectivity index is 1.43. The maximum absolute atomic E-state index is 13.6. The highest BCUT2D eigenvalue weighted by Crippen LogP contribution is 2.32. The number of nitrogens with one attached hydrogen (secondary N) is 2. The van der Waals surface area contributed by atoms with Crippen LogP contribution in [0.25, 0.3) is 16.6 Å². The third kappa shape index (κ3) is 5.52.